The van der Waals surface area contributed by atoms with E-state index in [-0.39, 0.29) is 12.1 Å². The number of urea groups is 1. The van der Waals surface area contributed by atoms with E-state index in [2.05, 4.69) is 10.4 Å². The number of nitrogens with zero attached hydrogens (tertiary/aromatic N) is 3. The van der Waals surface area contributed by atoms with Gasteiger partial charge in [0, 0.05) is 18.7 Å². The molecule has 2 amide bonds. The Morgan fingerprint density at radius 2 is 2.21 bits per heavy atom. The van der Waals surface area contributed by atoms with Crippen LogP contribution in [0.15, 0.2) is 36.5 Å². The Hall–Kier alpha value is -2.34. The van der Waals surface area contributed by atoms with Crippen molar-refractivity contribution < 1.29 is 9.90 Å². The molecule has 128 valence electrons. The molecular weight excluding hydrogens is 304 g/mol. The van der Waals surface area contributed by atoms with Crippen LogP contribution in [0, 0.1) is 6.92 Å². The largest absolute Gasteiger partial charge is 0.393 e. The number of rotatable bonds is 4. The van der Waals surface area contributed by atoms with Crippen LogP contribution in [0.1, 0.15) is 31.7 Å². The maximum atomic E-state index is 12.7. The molecule has 6 heteroatoms. The van der Waals surface area contributed by atoms with E-state index in [9.17, 15) is 9.90 Å². The minimum atomic E-state index is -0.402. The van der Waals surface area contributed by atoms with Crippen molar-refractivity contribution in [1.82, 2.24) is 14.7 Å². The maximum Gasteiger partial charge on any atom is 0.323 e. The molecule has 2 atom stereocenters. The third-order valence-electron chi connectivity index (χ3n) is 4.47. The summed E-state index contributed by atoms with van der Waals surface area (Å²) in [6, 6.07) is 9.68. The number of aromatic nitrogens is 2. The molecule has 2 aromatic rings. The molecule has 2 heterocycles. The van der Waals surface area contributed by atoms with Crippen molar-refractivity contribution in [3.05, 3.63) is 42.1 Å². The second kappa shape index (κ2) is 7.05. The molecule has 24 heavy (non-hydrogen) atoms. The number of carbonyl (C=O) groups is 1. The number of aliphatic hydroxyl groups excluding tert-OH is 1. The summed E-state index contributed by atoms with van der Waals surface area (Å²) in [4.78, 5) is 14.5. The van der Waals surface area contributed by atoms with Crippen molar-refractivity contribution in [1.29, 1.82) is 0 Å². The van der Waals surface area contributed by atoms with Gasteiger partial charge in [0.2, 0.25) is 0 Å². The van der Waals surface area contributed by atoms with Gasteiger partial charge in [-0.15, -0.1) is 0 Å². The van der Waals surface area contributed by atoms with E-state index in [0.29, 0.717) is 12.2 Å². The summed E-state index contributed by atoms with van der Waals surface area (Å²) in [5.74, 6) is 0.650. The number of amides is 2. The molecule has 2 N–H and O–H groups in total. The summed E-state index contributed by atoms with van der Waals surface area (Å²) in [6.07, 6.45) is 3.81. The number of anilines is 1. The topological polar surface area (TPSA) is 70.4 Å². The van der Waals surface area contributed by atoms with E-state index in [1.54, 1.807) is 23.9 Å². The van der Waals surface area contributed by atoms with Crippen molar-refractivity contribution >= 4 is 11.8 Å². The van der Waals surface area contributed by atoms with Crippen LogP contribution < -0.4 is 5.32 Å². The minimum Gasteiger partial charge on any atom is -0.393 e. The quantitative estimate of drug-likeness (QED) is 0.906. The van der Waals surface area contributed by atoms with Gasteiger partial charge < -0.3 is 10.0 Å². The predicted molar refractivity (Wildman–Crippen MR) is 93.3 cm³/mol. The van der Waals surface area contributed by atoms with Gasteiger partial charge in [-0.05, 0) is 44.7 Å². The number of nitrogens with one attached hydrogen (secondary N) is 1. The van der Waals surface area contributed by atoms with Gasteiger partial charge in [0.05, 0.1) is 18.0 Å². The molecule has 1 saturated heterocycles. The first-order chi connectivity index (χ1) is 11.6. The van der Waals surface area contributed by atoms with E-state index in [1.165, 1.54) is 0 Å². The zero-order chi connectivity index (χ0) is 17.1. The van der Waals surface area contributed by atoms with Gasteiger partial charge in [0.25, 0.3) is 0 Å². The molecule has 1 fully saturated rings. The normalized spacial score (nSPS) is 18.6. The summed E-state index contributed by atoms with van der Waals surface area (Å²) in [7, 11) is 0. The van der Waals surface area contributed by atoms with E-state index < -0.39 is 6.10 Å². The lowest BCUT2D eigenvalue weighted by Gasteiger charge is -2.26. The van der Waals surface area contributed by atoms with Gasteiger partial charge >= 0.3 is 6.03 Å². The highest BCUT2D eigenvalue weighted by atomic mass is 16.3. The maximum absolute atomic E-state index is 12.7. The molecule has 0 saturated carbocycles. The fraction of sp³-hybridized carbons (Fsp3) is 0.444. The molecular formula is C18H24N4O2. The highest BCUT2D eigenvalue weighted by molar-refractivity contribution is 5.89. The first-order valence-corrected chi connectivity index (χ1v) is 8.42. The van der Waals surface area contributed by atoms with Crippen molar-refractivity contribution in [2.24, 2.45) is 0 Å². The van der Waals surface area contributed by atoms with Crippen LogP contribution in [0.3, 0.4) is 0 Å². The summed E-state index contributed by atoms with van der Waals surface area (Å²) in [5.41, 5.74) is 2.03. The fourth-order valence-corrected chi connectivity index (χ4v) is 3.31. The van der Waals surface area contributed by atoms with Crippen LogP contribution in [0.25, 0.3) is 5.69 Å². The highest BCUT2D eigenvalue weighted by Gasteiger charge is 2.30. The predicted octanol–water partition coefficient (Wildman–Crippen LogP) is 2.95. The molecule has 0 aliphatic carbocycles. The number of para-hydroxylation sites is 1. The number of likely N-dealkylation sites (tertiary alicyclic amines) is 1. The molecule has 0 radical (unpaired) electrons. The minimum absolute atomic E-state index is 0.0971. The Bertz CT molecular complexity index is 711. The zero-order valence-corrected chi connectivity index (χ0v) is 14.1. The standard InChI is InChI=1S/C18H24N4O2/c1-13-6-3-4-8-16(13)22-17(9-10-19-22)20-18(24)21-11-5-7-15(21)12-14(2)23/h3-4,6,8-10,14-15,23H,5,7,11-12H2,1-2H3,(H,20,24). The van der Waals surface area contributed by atoms with Gasteiger partial charge in [-0.3, -0.25) is 5.32 Å². The van der Waals surface area contributed by atoms with Crippen molar-refractivity contribution in [3.8, 4) is 5.69 Å². The Balaban J connectivity index is 1.76. The first-order valence-electron chi connectivity index (χ1n) is 8.42. The summed E-state index contributed by atoms with van der Waals surface area (Å²) in [5, 5.41) is 16.9. The van der Waals surface area contributed by atoms with Gasteiger partial charge in [-0.2, -0.15) is 5.10 Å². The van der Waals surface area contributed by atoms with Crippen LogP contribution in [-0.4, -0.2) is 44.5 Å². The molecule has 1 aromatic carbocycles. The summed E-state index contributed by atoms with van der Waals surface area (Å²) in [6.45, 7) is 4.51. The molecule has 3 rings (SSSR count). The molecule has 2 unspecified atom stereocenters. The van der Waals surface area contributed by atoms with Crippen molar-refractivity contribution in [2.75, 3.05) is 11.9 Å². The fourth-order valence-electron chi connectivity index (χ4n) is 3.31. The van der Waals surface area contributed by atoms with Gasteiger partial charge in [0.15, 0.2) is 0 Å². The monoisotopic (exact) mass is 328 g/mol. The summed E-state index contributed by atoms with van der Waals surface area (Å²) < 4.78 is 1.74. The molecule has 0 spiro atoms. The van der Waals surface area contributed by atoms with E-state index in [0.717, 1.165) is 30.6 Å². The van der Waals surface area contributed by atoms with Crippen molar-refractivity contribution in [2.45, 2.75) is 45.3 Å². The number of hydrogen-bond acceptors (Lipinski definition) is 3. The lowest BCUT2D eigenvalue weighted by Crippen LogP contribution is -2.40. The smallest absolute Gasteiger partial charge is 0.323 e. The summed E-state index contributed by atoms with van der Waals surface area (Å²) >= 11 is 0. The zero-order valence-electron chi connectivity index (χ0n) is 14.1. The third kappa shape index (κ3) is 3.43. The van der Waals surface area contributed by atoms with E-state index in [1.807, 2.05) is 36.1 Å². The Morgan fingerprint density at radius 3 is 2.96 bits per heavy atom. The number of carbonyl (C=O) groups excluding carboxylic acids is 1. The Labute approximate surface area is 142 Å². The van der Waals surface area contributed by atoms with Gasteiger partial charge in [-0.25, -0.2) is 9.48 Å². The lowest BCUT2D eigenvalue weighted by molar-refractivity contribution is 0.142. The number of benzene rings is 1. The third-order valence-corrected chi connectivity index (χ3v) is 4.47. The number of hydrogen-bond donors (Lipinski definition) is 2. The second-order valence-corrected chi connectivity index (χ2v) is 6.42. The Kier molecular flexibility index (Phi) is 4.85. The van der Waals surface area contributed by atoms with Crippen LogP contribution >= 0.6 is 0 Å². The van der Waals surface area contributed by atoms with Gasteiger partial charge in [-0.1, -0.05) is 18.2 Å². The van der Waals surface area contributed by atoms with Crippen LogP contribution in [0.4, 0.5) is 10.6 Å². The average molecular weight is 328 g/mol. The number of aryl methyl sites for hydroxylation is 1. The molecule has 6 nitrogen and oxygen atoms in total. The van der Waals surface area contributed by atoms with E-state index in [4.69, 9.17) is 0 Å². The second-order valence-electron chi connectivity index (χ2n) is 6.42. The van der Waals surface area contributed by atoms with Crippen LogP contribution in [0.5, 0.6) is 0 Å². The molecule has 1 aliphatic heterocycles. The van der Waals surface area contributed by atoms with Crippen LogP contribution in [-0.2, 0) is 0 Å². The average Bonchev–Trinajstić information content (AvgIpc) is 3.16. The molecule has 0 bridgehead atoms. The Morgan fingerprint density at radius 1 is 1.42 bits per heavy atom. The molecule has 1 aliphatic rings. The van der Waals surface area contributed by atoms with Crippen LogP contribution in [0.2, 0.25) is 0 Å². The molecule has 1 aromatic heterocycles. The lowest BCUT2D eigenvalue weighted by atomic mass is 10.1. The first kappa shape index (κ1) is 16.5. The van der Waals surface area contributed by atoms with Gasteiger partial charge in [0.1, 0.15) is 5.82 Å². The van der Waals surface area contributed by atoms with E-state index >= 15 is 0 Å². The highest BCUT2D eigenvalue weighted by Crippen LogP contribution is 2.24. The SMILES string of the molecule is Cc1ccccc1-n1nccc1NC(=O)N1CCCC1CC(C)O. The number of aliphatic hydroxyl groups is 1. The van der Waals surface area contributed by atoms with Crippen molar-refractivity contribution in [3.63, 3.8) is 0 Å².